The molecule has 0 bridgehead atoms. The fourth-order valence-corrected chi connectivity index (χ4v) is 4.85. The Labute approximate surface area is 187 Å². The highest BCUT2D eigenvalue weighted by Gasteiger charge is 2.39. The minimum absolute atomic E-state index is 0.0736. The molecule has 31 heavy (non-hydrogen) atoms. The van der Waals surface area contributed by atoms with Gasteiger partial charge in [0, 0.05) is 42.6 Å². The van der Waals surface area contributed by atoms with Gasteiger partial charge in [0.2, 0.25) is 0 Å². The van der Waals surface area contributed by atoms with Gasteiger partial charge in [-0.15, -0.1) is 6.42 Å². The Hall–Kier alpha value is -2.55. The van der Waals surface area contributed by atoms with Crippen LogP contribution >= 0.6 is 0 Å². The second-order valence-electron chi connectivity index (χ2n) is 9.70. The number of methoxy groups -OCH3 is 1. The van der Waals surface area contributed by atoms with E-state index in [1.165, 1.54) is 11.1 Å². The van der Waals surface area contributed by atoms with E-state index in [9.17, 15) is 0 Å². The van der Waals surface area contributed by atoms with Crippen molar-refractivity contribution < 1.29 is 9.47 Å². The van der Waals surface area contributed by atoms with Crippen molar-refractivity contribution >= 4 is 0 Å². The van der Waals surface area contributed by atoms with Crippen LogP contribution in [-0.4, -0.2) is 40.7 Å². The molecule has 0 amide bonds. The van der Waals surface area contributed by atoms with E-state index in [2.05, 4.69) is 67.0 Å². The van der Waals surface area contributed by atoms with Crippen LogP contribution in [0.5, 0.6) is 11.5 Å². The molecule has 3 rings (SSSR count). The zero-order valence-corrected chi connectivity index (χ0v) is 19.4. The third kappa shape index (κ3) is 6.46. The third-order valence-electron chi connectivity index (χ3n) is 5.72. The summed E-state index contributed by atoms with van der Waals surface area (Å²) in [6.45, 7) is 11.1. The Morgan fingerprint density at radius 2 is 1.81 bits per heavy atom. The van der Waals surface area contributed by atoms with Crippen LogP contribution in [0.1, 0.15) is 51.7 Å². The van der Waals surface area contributed by atoms with E-state index in [4.69, 9.17) is 15.9 Å². The van der Waals surface area contributed by atoms with Gasteiger partial charge >= 0.3 is 0 Å². The van der Waals surface area contributed by atoms with Crippen molar-refractivity contribution in [2.45, 2.75) is 70.7 Å². The molecule has 0 atom stereocenters. The zero-order chi connectivity index (χ0) is 22.5. The van der Waals surface area contributed by atoms with E-state index in [0.29, 0.717) is 17.5 Å². The number of pyridine rings is 1. The molecule has 166 valence electrons. The lowest BCUT2D eigenvalue weighted by Gasteiger charge is -2.49. The predicted molar refractivity (Wildman–Crippen MR) is 125 cm³/mol. The first kappa shape index (κ1) is 23.1. The number of hydrogen-bond donors (Lipinski definition) is 1. The summed E-state index contributed by atoms with van der Waals surface area (Å²) in [7, 11) is 1.66. The molecule has 1 N–H and O–H groups in total. The summed E-state index contributed by atoms with van der Waals surface area (Å²) in [5.74, 6) is 3.88. The maximum Gasteiger partial charge on any atom is 0.162 e. The first-order valence-electron chi connectivity index (χ1n) is 10.9. The average Bonchev–Trinajstić information content (AvgIpc) is 2.70. The van der Waals surface area contributed by atoms with Crippen molar-refractivity contribution in [3.63, 3.8) is 0 Å². The predicted octanol–water partition coefficient (Wildman–Crippen LogP) is 4.41. The Morgan fingerprint density at radius 1 is 1.10 bits per heavy atom. The molecule has 1 aromatic heterocycles. The van der Waals surface area contributed by atoms with Crippen LogP contribution in [0.15, 0.2) is 42.7 Å². The molecule has 0 spiro atoms. The van der Waals surface area contributed by atoms with Gasteiger partial charge < -0.3 is 14.8 Å². The largest absolute Gasteiger partial charge is 0.493 e. The standard InChI is InChI=1S/C26H35N3O2/c1-7-13-31-23-11-10-20(14-24(23)30-6)18-29(19-21-9-8-12-27-17-21)22-15-25(2,3)28-26(4,5)16-22/h1,8-12,14,17,22,28H,13,15-16,18-19H2,2-6H3. The highest BCUT2D eigenvalue weighted by Crippen LogP contribution is 2.34. The van der Waals surface area contributed by atoms with Crippen LogP contribution in [0.3, 0.4) is 0 Å². The molecular formula is C26H35N3O2. The molecule has 1 fully saturated rings. The molecule has 2 heterocycles. The van der Waals surface area contributed by atoms with Crippen molar-refractivity contribution in [3.8, 4) is 23.8 Å². The minimum Gasteiger partial charge on any atom is -0.493 e. The normalized spacial score (nSPS) is 17.8. The van der Waals surface area contributed by atoms with E-state index in [1.54, 1.807) is 7.11 Å². The molecule has 1 aromatic carbocycles. The summed E-state index contributed by atoms with van der Waals surface area (Å²) in [6, 6.07) is 10.7. The highest BCUT2D eigenvalue weighted by atomic mass is 16.5. The van der Waals surface area contributed by atoms with Crippen LogP contribution < -0.4 is 14.8 Å². The van der Waals surface area contributed by atoms with Crippen molar-refractivity contribution in [1.29, 1.82) is 0 Å². The van der Waals surface area contributed by atoms with Gasteiger partial charge in [0.15, 0.2) is 11.5 Å². The van der Waals surface area contributed by atoms with Gasteiger partial charge in [0.25, 0.3) is 0 Å². The van der Waals surface area contributed by atoms with Crippen molar-refractivity contribution in [3.05, 3.63) is 53.9 Å². The number of terminal acetylenes is 1. The summed E-state index contributed by atoms with van der Waals surface area (Å²) in [5.41, 5.74) is 2.55. The zero-order valence-electron chi connectivity index (χ0n) is 19.4. The Bertz CT molecular complexity index is 887. The number of rotatable bonds is 8. The number of nitrogens with zero attached hydrogens (tertiary/aromatic N) is 2. The molecule has 0 unspecified atom stereocenters. The van der Waals surface area contributed by atoms with Crippen LogP contribution in [0.2, 0.25) is 0 Å². The number of hydrogen-bond acceptors (Lipinski definition) is 5. The minimum atomic E-state index is 0.0736. The Kier molecular flexibility index (Phi) is 7.25. The van der Waals surface area contributed by atoms with Gasteiger partial charge in [-0.05, 0) is 69.9 Å². The summed E-state index contributed by atoms with van der Waals surface area (Å²) < 4.78 is 11.2. The van der Waals surface area contributed by atoms with Crippen molar-refractivity contribution in [1.82, 2.24) is 15.2 Å². The molecule has 1 aliphatic rings. The molecule has 1 saturated heterocycles. The number of nitrogens with one attached hydrogen (secondary N) is 1. The van der Waals surface area contributed by atoms with E-state index < -0.39 is 0 Å². The molecule has 0 aliphatic carbocycles. The molecule has 0 radical (unpaired) electrons. The van der Waals surface area contributed by atoms with Crippen LogP contribution in [0.4, 0.5) is 0 Å². The molecule has 2 aromatic rings. The molecule has 1 aliphatic heterocycles. The Morgan fingerprint density at radius 3 is 2.42 bits per heavy atom. The fourth-order valence-electron chi connectivity index (χ4n) is 4.85. The van der Waals surface area contributed by atoms with Gasteiger partial charge in [0.1, 0.15) is 6.61 Å². The van der Waals surface area contributed by atoms with E-state index in [-0.39, 0.29) is 17.7 Å². The molecular weight excluding hydrogens is 386 g/mol. The van der Waals surface area contributed by atoms with E-state index in [1.807, 2.05) is 24.5 Å². The first-order valence-corrected chi connectivity index (χ1v) is 10.9. The lowest BCUT2D eigenvalue weighted by molar-refractivity contribution is 0.0562. The maximum atomic E-state index is 5.61. The average molecular weight is 422 g/mol. The number of piperidine rings is 1. The van der Waals surface area contributed by atoms with Crippen LogP contribution in [0, 0.1) is 12.3 Å². The SMILES string of the molecule is C#CCOc1ccc(CN(Cc2cccnc2)C2CC(C)(C)NC(C)(C)C2)cc1OC. The lowest BCUT2D eigenvalue weighted by Crippen LogP contribution is -2.62. The van der Waals surface area contributed by atoms with Gasteiger partial charge in [-0.3, -0.25) is 9.88 Å². The monoisotopic (exact) mass is 421 g/mol. The number of ether oxygens (including phenoxy) is 2. The topological polar surface area (TPSA) is 46.6 Å². The van der Waals surface area contributed by atoms with E-state index >= 15 is 0 Å². The first-order chi connectivity index (χ1) is 14.7. The second kappa shape index (κ2) is 9.72. The van der Waals surface area contributed by atoms with Gasteiger partial charge in [-0.25, -0.2) is 0 Å². The highest BCUT2D eigenvalue weighted by molar-refractivity contribution is 5.43. The van der Waals surface area contributed by atoms with Gasteiger partial charge in [-0.1, -0.05) is 18.1 Å². The van der Waals surface area contributed by atoms with Gasteiger partial charge in [-0.2, -0.15) is 0 Å². The second-order valence-corrected chi connectivity index (χ2v) is 9.70. The summed E-state index contributed by atoms with van der Waals surface area (Å²) in [5, 5.41) is 3.80. The van der Waals surface area contributed by atoms with Crippen molar-refractivity contribution in [2.24, 2.45) is 0 Å². The smallest absolute Gasteiger partial charge is 0.162 e. The Balaban J connectivity index is 1.87. The summed E-state index contributed by atoms with van der Waals surface area (Å²) >= 11 is 0. The molecule has 5 heteroatoms. The lowest BCUT2D eigenvalue weighted by atomic mass is 9.79. The third-order valence-corrected chi connectivity index (χ3v) is 5.72. The van der Waals surface area contributed by atoms with E-state index in [0.717, 1.165) is 25.9 Å². The van der Waals surface area contributed by atoms with Gasteiger partial charge in [0.05, 0.1) is 7.11 Å². The van der Waals surface area contributed by atoms with Crippen LogP contribution in [0.25, 0.3) is 0 Å². The van der Waals surface area contributed by atoms with Crippen LogP contribution in [-0.2, 0) is 13.1 Å². The number of benzene rings is 1. The maximum absolute atomic E-state index is 5.61. The summed E-state index contributed by atoms with van der Waals surface area (Å²) in [4.78, 5) is 6.89. The molecule has 5 nitrogen and oxygen atoms in total. The molecule has 0 saturated carbocycles. The summed E-state index contributed by atoms with van der Waals surface area (Å²) in [6.07, 6.45) is 11.3. The van der Waals surface area contributed by atoms with Crippen molar-refractivity contribution in [2.75, 3.05) is 13.7 Å². The fraction of sp³-hybridized carbons (Fsp3) is 0.500. The number of aromatic nitrogens is 1. The quantitative estimate of drug-likeness (QED) is 0.640.